The summed E-state index contributed by atoms with van der Waals surface area (Å²) >= 11 is 6.02. The van der Waals surface area contributed by atoms with E-state index in [0.717, 1.165) is 44.8 Å². The Morgan fingerprint density at radius 3 is 1.63 bits per heavy atom. The van der Waals surface area contributed by atoms with E-state index in [-0.39, 0.29) is 5.56 Å². The number of aromatic nitrogens is 4. The van der Waals surface area contributed by atoms with Gasteiger partial charge in [-0.15, -0.1) is 0 Å². The fourth-order valence-corrected chi connectivity index (χ4v) is 4.23. The van der Waals surface area contributed by atoms with Crippen molar-refractivity contribution in [3.63, 3.8) is 0 Å². The summed E-state index contributed by atoms with van der Waals surface area (Å²) in [5.74, 6) is 0. The zero-order valence-corrected chi connectivity index (χ0v) is 21.1. The number of nitrogens with zero attached hydrogens (tertiary/aromatic N) is 3. The van der Waals surface area contributed by atoms with Gasteiger partial charge in [0, 0.05) is 42.0 Å². The van der Waals surface area contributed by atoms with Gasteiger partial charge in [0.15, 0.2) is 0 Å². The highest BCUT2D eigenvalue weighted by molar-refractivity contribution is 6.29. The molecule has 2 aromatic carbocycles. The first kappa shape index (κ1) is 24.8. The summed E-state index contributed by atoms with van der Waals surface area (Å²) in [5, 5.41) is 0.485. The zero-order valence-electron chi connectivity index (χ0n) is 20.3. The third-order valence-corrected chi connectivity index (χ3v) is 6.05. The van der Waals surface area contributed by atoms with E-state index in [0.29, 0.717) is 5.15 Å². The van der Waals surface area contributed by atoms with Gasteiger partial charge in [-0.3, -0.25) is 14.8 Å². The van der Waals surface area contributed by atoms with Crippen LogP contribution in [0.2, 0.25) is 5.15 Å². The molecule has 0 saturated heterocycles. The maximum absolute atomic E-state index is 11.6. The van der Waals surface area contributed by atoms with Gasteiger partial charge in [0.1, 0.15) is 5.15 Å². The smallest absolute Gasteiger partial charge is 0.248 e. The molecule has 0 aliphatic heterocycles. The second-order valence-corrected chi connectivity index (χ2v) is 8.73. The first-order valence-electron chi connectivity index (χ1n) is 12.0. The number of hydrogen-bond acceptors (Lipinski definition) is 4. The highest BCUT2D eigenvalue weighted by atomic mass is 35.5. The van der Waals surface area contributed by atoms with Crippen LogP contribution in [0.25, 0.3) is 44.8 Å². The van der Waals surface area contributed by atoms with Crippen LogP contribution in [-0.4, -0.2) is 19.9 Å². The number of H-pyrrole nitrogens is 1. The van der Waals surface area contributed by atoms with E-state index >= 15 is 0 Å². The van der Waals surface area contributed by atoms with Crippen LogP contribution in [0.5, 0.6) is 0 Å². The van der Waals surface area contributed by atoms with Crippen LogP contribution in [0.1, 0.15) is 0 Å². The molecule has 6 aromatic rings. The van der Waals surface area contributed by atoms with E-state index in [4.69, 9.17) is 11.6 Å². The van der Waals surface area contributed by atoms with E-state index in [1.807, 2.05) is 91.0 Å². The molecule has 0 spiro atoms. The van der Waals surface area contributed by atoms with Crippen LogP contribution in [0.4, 0.5) is 0 Å². The van der Waals surface area contributed by atoms with Crippen LogP contribution in [0.15, 0.2) is 139 Å². The lowest BCUT2D eigenvalue weighted by molar-refractivity contribution is 1.22. The van der Waals surface area contributed by atoms with Gasteiger partial charge in [-0.1, -0.05) is 84.4 Å². The van der Waals surface area contributed by atoms with Crippen molar-refractivity contribution in [3.8, 4) is 44.8 Å². The second kappa shape index (κ2) is 11.9. The summed E-state index contributed by atoms with van der Waals surface area (Å²) in [6.07, 6.45) is 7.01. The Labute approximate surface area is 225 Å². The molecule has 0 aliphatic carbocycles. The van der Waals surface area contributed by atoms with Crippen LogP contribution < -0.4 is 5.56 Å². The number of pyridine rings is 4. The van der Waals surface area contributed by atoms with Crippen molar-refractivity contribution >= 4 is 11.6 Å². The average Bonchev–Trinajstić information content (AvgIpc) is 2.99. The van der Waals surface area contributed by atoms with E-state index < -0.39 is 0 Å². The monoisotopic (exact) mass is 514 g/mol. The molecule has 0 unspecified atom stereocenters. The third-order valence-electron chi connectivity index (χ3n) is 5.85. The summed E-state index contributed by atoms with van der Waals surface area (Å²) in [6, 6.07) is 35.0. The zero-order chi connectivity index (χ0) is 26.2. The van der Waals surface area contributed by atoms with Crippen LogP contribution in [-0.2, 0) is 0 Å². The lowest BCUT2D eigenvalue weighted by Gasteiger charge is -2.09. The van der Waals surface area contributed by atoms with Crippen LogP contribution >= 0.6 is 11.6 Å². The molecule has 6 heteroatoms. The molecule has 0 saturated carbocycles. The average molecular weight is 515 g/mol. The SMILES string of the molecule is Clc1cc(-c2ccccc2)c(-c2ccccn2)cn1.O=c1cc(-c2ccccc2)c(-c2ccccn2)c[nH]1. The van der Waals surface area contributed by atoms with Gasteiger partial charge in [-0.2, -0.15) is 0 Å². The molecular weight excluding hydrogens is 492 g/mol. The van der Waals surface area contributed by atoms with Crippen molar-refractivity contribution in [2.45, 2.75) is 0 Å². The Hall–Kier alpha value is -4.87. The summed E-state index contributed by atoms with van der Waals surface area (Å²) in [7, 11) is 0. The molecular formula is C32H23ClN4O. The minimum absolute atomic E-state index is 0.112. The van der Waals surface area contributed by atoms with Gasteiger partial charge in [-0.05, 0) is 52.6 Å². The summed E-state index contributed by atoms with van der Waals surface area (Å²) in [4.78, 5) is 27.2. The predicted octanol–water partition coefficient (Wildman–Crippen LogP) is 7.57. The highest BCUT2D eigenvalue weighted by Gasteiger charge is 2.10. The quantitative estimate of drug-likeness (QED) is 0.246. The molecule has 0 radical (unpaired) electrons. The lowest BCUT2D eigenvalue weighted by Crippen LogP contribution is -2.04. The maximum Gasteiger partial charge on any atom is 0.248 e. The molecule has 38 heavy (non-hydrogen) atoms. The van der Waals surface area contributed by atoms with Crippen molar-refractivity contribution in [1.82, 2.24) is 19.9 Å². The van der Waals surface area contributed by atoms with Gasteiger partial charge >= 0.3 is 0 Å². The molecule has 6 rings (SSSR count). The topological polar surface area (TPSA) is 71.5 Å². The molecule has 4 aromatic heterocycles. The Morgan fingerprint density at radius 2 is 1.08 bits per heavy atom. The minimum Gasteiger partial charge on any atom is -0.328 e. The van der Waals surface area contributed by atoms with Gasteiger partial charge < -0.3 is 4.98 Å². The number of halogens is 1. The molecule has 0 atom stereocenters. The first-order valence-corrected chi connectivity index (χ1v) is 12.4. The Bertz CT molecular complexity index is 1670. The lowest BCUT2D eigenvalue weighted by atomic mass is 9.99. The van der Waals surface area contributed by atoms with Gasteiger partial charge in [-0.25, -0.2) is 4.98 Å². The standard InChI is InChI=1S/C16H11ClN2.C16H12N2O/c17-16-10-13(12-6-2-1-3-7-12)14(11-19-16)15-8-4-5-9-18-15;19-16-10-13(12-6-2-1-3-7-12)14(11-18-16)15-8-4-5-9-17-15/h1-11H;1-11H,(H,18,19). The molecule has 184 valence electrons. The number of aromatic amines is 1. The van der Waals surface area contributed by atoms with Gasteiger partial charge in [0.2, 0.25) is 5.56 Å². The number of benzene rings is 2. The summed E-state index contributed by atoms with van der Waals surface area (Å²) in [6.45, 7) is 0. The number of rotatable bonds is 4. The van der Waals surface area contributed by atoms with Crippen LogP contribution in [0, 0.1) is 0 Å². The largest absolute Gasteiger partial charge is 0.328 e. The van der Waals surface area contributed by atoms with Gasteiger partial charge in [0.05, 0.1) is 11.4 Å². The fourth-order valence-electron chi connectivity index (χ4n) is 4.07. The molecule has 1 N–H and O–H groups in total. The predicted molar refractivity (Wildman–Crippen MR) is 154 cm³/mol. The fraction of sp³-hybridized carbons (Fsp3) is 0. The third kappa shape index (κ3) is 5.91. The van der Waals surface area contributed by atoms with E-state index in [9.17, 15) is 4.79 Å². The Kier molecular flexibility index (Phi) is 7.78. The number of nitrogens with one attached hydrogen (secondary N) is 1. The second-order valence-electron chi connectivity index (χ2n) is 8.34. The molecule has 0 fully saturated rings. The maximum atomic E-state index is 11.6. The molecule has 0 bridgehead atoms. The summed E-state index contributed by atoms with van der Waals surface area (Å²) < 4.78 is 0. The van der Waals surface area contributed by atoms with Crippen molar-refractivity contribution in [3.05, 3.63) is 149 Å². The minimum atomic E-state index is -0.112. The first-order chi connectivity index (χ1) is 18.7. The van der Waals surface area contributed by atoms with Crippen molar-refractivity contribution < 1.29 is 0 Å². The normalized spacial score (nSPS) is 10.3. The summed E-state index contributed by atoms with van der Waals surface area (Å²) in [5.41, 5.74) is 7.58. The van der Waals surface area contributed by atoms with Gasteiger partial charge in [0.25, 0.3) is 0 Å². The number of hydrogen-bond donors (Lipinski definition) is 1. The molecule has 0 amide bonds. The van der Waals surface area contributed by atoms with Crippen molar-refractivity contribution in [1.29, 1.82) is 0 Å². The van der Waals surface area contributed by atoms with Crippen LogP contribution in [0.3, 0.4) is 0 Å². The molecule has 4 heterocycles. The van der Waals surface area contributed by atoms with E-state index in [1.165, 1.54) is 0 Å². The van der Waals surface area contributed by atoms with E-state index in [2.05, 4.69) is 32.1 Å². The van der Waals surface area contributed by atoms with E-state index in [1.54, 1.807) is 30.9 Å². The highest BCUT2D eigenvalue weighted by Crippen LogP contribution is 2.32. The van der Waals surface area contributed by atoms with Crippen molar-refractivity contribution in [2.75, 3.05) is 0 Å². The Morgan fingerprint density at radius 1 is 0.553 bits per heavy atom. The molecule has 0 aliphatic rings. The Balaban J connectivity index is 0.000000155. The molecule has 5 nitrogen and oxygen atoms in total. The van der Waals surface area contributed by atoms with Crippen molar-refractivity contribution in [2.24, 2.45) is 0 Å².